The lowest BCUT2D eigenvalue weighted by Crippen LogP contribution is -2.18. The van der Waals surface area contributed by atoms with Crippen LogP contribution in [-0.2, 0) is 0 Å². The zero-order chi connectivity index (χ0) is 15.1. The van der Waals surface area contributed by atoms with Crippen LogP contribution < -0.4 is 11.1 Å². The Morgan fingerprint density at radius 1 is 1.40 bits per heavy atom. The van der Waals surface area contributed by atoms with Gasteiger partial charge in [0, 0.05) is 11.7 Å². The molecule has 0 aliphatic carbocycles. The van der Waals surface area contributed by atoms with Crippen molar-refractivity contribution in [1.29, 1.82) is 0 Å². The molecule has 1 rings (SSSR count). The smallest absolute Gasteiger partial charge is 0.337 e. The van der Waals surface area contributed by atoms with Crippen LogP contribution in [0.15, 0.2) is 12.1 Å². The van der Waals surface area contributed by atoms with Gasteiger partial charge in [-0.3, -0.25) is 0 Å². The predicted octanol–water partition coefficient (Wildman–Crippen LogP) is 4.39. The van der Waals surface area contributed by atoms with Crippen LogP contribution in [0.3, 0.4) is 0 Å². The van der Waals surface area contributed by atoms with E-state index in [1.54, 1.807) is 6.07 Å². The number of hydrogen-bond donors (Lipinski definition) is 3. The number of rotatable bonds is 8. The first-order chi connectivity index (χ1) is 9.45. The van der Waals surface area contributed by atoms with Crippen LogP contribution >= 0.6 is 11.6 Å². The van der Waals surface area contributed by atoms with E-state index in [-0.39, 0.29) is 11.6 Å². The molecule has 1 aromatic carbocycles. The van der Waals surface area contributed by atoms with Crippen LogP contribution in [0.5, 0.6) is 0 Å². The molecule has 112 valence electrons. The zero-order valence-electron chi connectivity index (χ0n) is 12.1. The lowest BCUT2D eigenvalue weighted by Gasteiger charge is -2.18. The van der Waals surface area contributed by atoms with Crippen LogP contribution in [0.1, 0.15) is 56.3 Å². The van der Waals surface area contributed by atoms with E-state index in [0.717, 1.165) is 12.8 Å². The van der Waals surface area contributed by atoms with E-state index in [1.165, 1.54) is 25.3 Å². The molecule has 0 aliphatic rings. The molecular formula is C15H23ClN2O2. The van der Waals surface area contributed by atoms with Gasteiger partial charge in [-0.25, -0.2) is 4.79 Å². The van der Waals surface area contributed by atoms with Crippen molar-refractivity contribution in [3.8, 4) is 0 Å². The summed E-state index contributed by atoms with van der Waals surface area (Å²) in [5.41, 5.74) is 6.57. The number of nitrogens with two attached hydrogens (primary N) is 1. The van der Waals surface area contributed by atoms with Crippen LogP contribution in [0, 0.1) is 0 Å². The van der Waals surface area contributed by atoms with Crippen molar-refractivity contribution < 1.29 is 9.90 Å². The number of anilines is 2. The van der Waals surface area contributed by atoms with Gasteiger partial charge in [-0.15, -0.1) is 0 Å². The van der Waals surface area contributed by atoms with Gasteiger partial charge < -0.3 is 16.2 Å². The maximum atomic E-state index is 11.3. The Labute approximate surface area is 125 Å². The van der Waals surface area contributed by atoms with Crippen molar-refractivity contribution in [2.24, 2.45) is 0 Å². The Kier molecular flexibility index (Phi) is 6.65. The molecule has 0 heterocycles. The van der Waals surface area contributed by atoms with Crippen molar-refractivity contribution >= 4 is 28.9 Å². The number of benzene rings is 1. The van der Waals surface area contributed by atoms with Gasteiger partial charge in [0.05, 0.1) is 16.3 Å². The average Bonchev–Trinajstić information content (AvgIpc) is 2.37. The summed E-state index contributed by atoms with van der Waals surface area (Å²) in [6.45, 7) is 4.21. The Morgan fingerprint density at radius 3 is 2.70 bits per heavy atom. The molecule has 1 atom stereocenters. The molecule has 5 heteroatoms. The first-order valence-electron chi connectivity index (χ1n) is 7.04. The minimum atomic E-state index is -1.03. The third-order valence-corrected chi connectivity index (χ3v) is 3.52. The second-order valence-corrected chi connectivity index (χ2v) is 5.53. The third kappa shape index (κ3) is 4.93. The monoisotopic (exact) mass is 298 g/mol. The number of carboxylic acid groups (broad SMARTS) is 1. The lowest BCUT2D eigenvalue weighted by atomic mass is 10.1. The Bertz CT molecular complexity index is 463. The standard InChI is InChI=1S/C15H23ClN2O2/c1-3-4-5-6-7-10(2)18-14-12(15(19)20)8-11(17)9-13(14)16/h8-10,18H,3-7,17H2,1-2H3,(H,19,20). The number of carbonyl (C=O) groups is 1. The number of halogens is 1. The molecule has 0 radical (unpaired) electrons. The summed E-state index contributed by atoms with van der Waals surface area (Å²) in [7, 11) is 0. The van der Waals surface area contributed by atoms with Crippen molar-refractivity contribution in [2.75, 3.05) is 11.1 Å². The predicted molar refractivity (Wildman–Crippen MR) is 84.7 cm³/mol. The fourth-order valence-corrected chi connectivity index (χ4v) is 2.42. The summed E-state index contributed by atoms with van der Waals surface area (Å²) in [6, 6.07) is 3.17. The summed E-state index contributed by atoms with van der Waals surface area (Å²) in [4.78, 5) is 11.3. The molecule has 1 aromatic rings. The molecule has 0 aliphatic heterocycles. The second-order valence-electron chi connectivity index (χ2n) is 5.13. The molecule has 0 bridgehead atoms. The first kappa shape index (κ1) is 16.6. The molecule has 0 saturated heterocycles. The van der Waals surface area contributed by atoms with Gasteiger partial charge in [0.15, 0.2) is 0 Å². The molecule has 4 nitrogen and oxygen atoms in total. The highest BCUT2D eigenvalue weighted by molar-refractivity contribution is 6.34. The lowest BCUT2D eigenvalue weighted by molar-refractivity contribution is 0.0698. The summed E-state index contributed by atoms with van der Waals surface area (Å²) < 4.78 is 0. The van der Waals surface area contributed by atoms with Gasteiger partial charge in [-0.05, 0) is 25.5 Å². The fourth-order valence-electron chi connectivity index (χ4n) is 2.14. The van der Waals surface area contributed by atoms with E-state index in [9.17, 15) is 9.90 Å². The van der Waals surface area contributed by atoms with Crippen LogP contribution in [0.2, 0.25) is 5.02 Å². The van der Waals surface area contributed by atoms with Gasteiger partial charge >= 0.3 is 5.97 Å². The maximum absolute atomic E-state index is 11.3. The highest BCUT2D eigenvalue weighted by atomic mass is 35.5. The largest absolute Gasteiger partial charge is 0.478 e. The SMILES string of the molecule is CCCCCCC(C)Nc1c(Cl)cc(N)cc1C(=O)O. The fraction of sp³-hybridized carbons (Fsp3) is 0.533. The zero-order valence-corrected chi connectivity index (χ0v) is 12.8. The van der Waals surface area contributed by atoms with Gasteiger partial charge in [0.1, 0.15) is 0 Å². The Hall–Kier alpha value is -1.42. The van der Waals surface area contributed by atoms with E-state index in [0.29, 0.717) is 16.4 Å². The molecule has 0 aromatic heterocycles. The second kappa shape index (κ2) is 8.00. The molecule has 4 N–H and O–H groups in total. The summed E-state index contributed by atoms with van der Waals surface area (Å²) in [6.07, 6.45) is 5.74. The van der Waals surface area contributed by atoms with E-state index < -0.39 is 5.97 Å². The highest BCUT2D eigenvalue weighted by Crippen LogP contribution is 2.30. The van der Waals surface area contributed by atoms with Crippen molar-refractivity contribution in [3.05, 3.63) is 22.7 Å². The number of aromatic carboxylic acids is 1. The van der Waals surface area contributed by atoms with Gasteiger partial charge in [0.25, 0.3) is 0 Å². The molecular weight excluding hydrogens is 276 g/mol. The van der Waals surface area contributed by atoms with E-state index in [4.69, 9.17) is 17.3 Å². The molecule has 0 fully saturated rings. The number of nitrogen functional groups attached to an aromatic ring is 1. The molecule has 0 saturated carbocycles. The topological polar surface area (TPSA) is 75.3 Å². The van der Waals surface area contributed by atoms with Gasteiger partial charge in [-0.2, -0.15) is 0 Å². The van der Waals surface area contributed by atoms with E-state index >= 15 is 0 Å². The summed E-state index contributed by atoms with van der Waals surface area (Å²) in [5.74, 6) is -1.03. The minimum Gasteiger partial charge on any atom is -0.478 e. The van der Waals surface area contributed by atoms with Gasteiger partial charge in [-0.1, -0.05) is 44.2 Å². The molecule has 20 heavy (non-hydrogen) atoms. The number of carboxylic acids is 1. The summed E-state index contributed by atoms with van der Waals surface area (Å²) >= 11 is 6.10. The molecule has 0 spiro atoms. The van der Waals surface area contributed by atoms with Crippen molar-refractivity contribution in [3.63, 3.8) is 0 Å². The minimum absolute atomic E-state index is 0.121. The van der Waals surface area contributed by atoms with Gasteiger partial charge in [0.2, 0.25) is 0 Å². The van der Waals surface area contributed by atoms with Crippen LogP contribution in [-0.4, -0.2) is 17.1 Å². The molecule has 0 amide bonds. The Balaban J connectivity index is 2.73. The van der Waals surface area contributed by atoms with Crippen LogP contribution in [0.25, 0.3) is 0 Å². The van der Waals surface area contributed by atoms with E-state index in [1.807, 2.05) is 6.92 Å². The highest BCUT2D eigenvalue weighted by Gasteiger charge is 2.16. The van der Waals surface area contributed by atoms with E-state index in [2.05, 4.69) is 12.2 Å². The Morgan fingerprint density at radius 2 is 2.10 bits per heavy atom. The summed E-state index contributed by atoms with van der Waals surface area (Å²) in [5, 5.41) is 12.8. The van der Waals surface area contributed by atoms with Crippen molar-refractivity contribution in [2.45, 2.75) is 52.0 Å². The normalized spacial score (nSPS) is 12.2. The number of nitrogens with one attached hydrogen (secondary N) is 1. The van der Waals surface area contributed by atoms with Crippen LogP contribution in [0.4, 0.5) is 11.4 Å². The number of hydrogen-bond acceptors (Lipinski definition) is 3. The number of unbranched alkanes of at least 4 members (excludes halogenated alkanes) is 3. The first-order valence-corrected chi connectivity index (χ1v) is 7.42. The molecule has 1 unspecified atom stereocenters. The average molecular weight is 299 g/mol. The quantitative estimate of drug-likeness (QED) is 0.491. The van der Waals surface area contributed by atoms with Crippen molar-refractivity contribution in [1.82, 2.24) is 0 Å². The maximum Gasteiger partial charge on any atom is 0.337 e. The third-order valence-electron chi connectivity index (χ3n) is 3.22.